The number of halogens is 1. The molecule has 3 rings (SSSR count). The molecule has 1 aliphatic rings. The van der Waals surface area contributed by atoms with Gasteiger partial charge in [0.05, 0.1) is 29.7 Å². The lowest BCUT2D eigenvalue weighted by atomic mass is 10.2. The predicted octanol–water partition coefficient (Wildman–Crippen LogP) is 3.72. The van der Waals surface area contributed by atoms with Crippen LogP contribution < -0.4 is 9.80 Å². The van der Waals surface area contributed by atoms with Crippen molar-refractivity contribution in [1.29, 1.82) is 5.26 Å². The zero-order chi connectivity index (χ0) is 12.5. The molecule has 0 atom stereocenters. The molecule has 2 aromatic rings. The van der Waals surface area contributed by atoms with Crippen molar-refractivity contribution in [2.75, 3.05) is 23.5 Å². The summed E-state index contributed by atoms with van der Waals surface area (Å²) in [5.74, 6) is 0. The molecule has 0 radical (unpaired) electrons. The Balaban J connectivity index is 0.00000133. The minimum absolute atomic E-state index is 0. The van der Waals surface area contributed by atoms with Crippen molar-refractivity contribution in [1.82, 2.24) is 0 Å². The topological polar surface area (TPSA) is 30.3 Å². The van der Waals surface area contributed by atoms with Crippen molar-refractivity contribution < 1.29 is 0 Å². The van der Waals surface area contributed by atoms with Crippen molar-refractivity contribution >= 4 is 41.0 Å². The van der Waals surface area contributed by atoms with E-state index in [-0.39, 0.29) is 24.0 Å². The first-order chi connectivity index (χ1) is 8.79. The Kier molecular flexibility index (Phi) is 3.96. The van der Waals surface area contributed by atoms with Gasteiger partial charge in [-0.1, -0.05) is 12.1 Å². The highest BCUT2D eigenvalue weighted by Gasteiger charge is 2.23. The summed E-state index contributed by atoms with van der Waals surface area (Å²) in [6.07, 6.45) is 0. The van der Waals surface area contributed by atoms with Crippen LogP contribution in [0, 0.1) is 11.3 Å². The molecular formula is C15H14IN3. The van der Waals surface area contributed by atoms with Crippen LogP contribution >= 0.6 is 24.0 Å². The van der Waals surface area contributed by atoms with Crippen LogP contribution in [0.25, 0.3) is 0 Å². The zero-order valence-electron chi connectivity index (χ0n) is 10.6. The van der Waals surface area contributed by atoms with Crippen molar-refractivity contribution in [3.8, 4) is 6.07 Å². The summed E-state index contributed by atoms with van der Waals surface area (Å²) in [5.41, 5.74) is 4.26. The molecule has 19 heavy (non-hydrogen) atoms. The number of benzene rings is 2. The van der Waals surface area contributed by atoms with Gasteiger partial charge in [-0.2, -0.15) is 5.26 Å². The van der Waals surface area contributed by atoms with Crippen LogP contribution in [-0.4, -0.2) is 13.7 Å². The van der Waals surface area contributed by atoms with Crippen molar-refractivity contribution in [3.63, 3.8) is 0 Å². The smallest absolute Gasteiger partial charge is 0.0991 e. The molecule has 0 N–H and O–H groups in total. The second-order valence-corrected chi connectivity index (χ2v) is 4.41. The molecule has 4 heteroatoms. The molecule has 0 amide bonds. The molecule has 0 saturated heterocycles. The quantitative estimate of drug-likeness (QED) is 0.724. The Morgan fingerprint density at radius 1 is 1.00 bits per heavy atom. The molecule has 0 spiro atoms. The fraction of sp³-hybridized carbons (Fsp3) is 0.133. The summed E-state index contributed by atoms with van der Waals surface area (Å²) >= 11 is 0. The van der Waals surface area contributed by atoms with Crippen LogP contribution in [0.1, 0.15) is 5.56 Å². The van der Waals surface area contributed by atoms with Crippen molar-refractivity contribution in [2.24, 2.45) is 0 Å². The lowest BCUT2D eigenvalue weighted by Crippen LogP contribution is -2.23. The van der Waals surface area contributed by atoms with Gasteiger partial charge in [-0.15, -0.1) is 24.0 Å². The number of anilines is 3. The third-order valence-electron chi connectivity index (χ3n) is 3.25. The predicted molar refractivity (Wildman–Crippen MR) is 88.4 cm³/mol. The van der Waals surface area contributed by atoms with Gasteiger partial charge in [-0.3, -0.25) is 0 Å². The Labute approximate surface area is 130 Å². The van der Waals surface area contributed by atoms with Gasteiger partial charge in [-0.25, -0.2) is 0 Å². The Morgan fingerprint density at radius 2 is 1.63 bits per heavy atom. The molecule has 96 valence electrons. The summed E-state index contributed by atoms with van der Waals surface area (Å²) in [7, 11) is 2.09. The lowest BCUT2D eigenvalue weighted by molar-refractivity contribution is 0.950. The maximum absolute atomic E-state index is 8.82. The van der Waals surface area contributed by atoms with E-state index in [0.717, 1.165) is 12.4 Å². The molecule has 2 aromatic carbocycles. The first kappa shape index (κ1) is 13.7. The average Bonchev–Trinajstić information content (AvgIpc) is 2.77. The molecule has 0 saturated carbocycles. The number of nitrogens with zero attached hydrogens (tertiary/aromatic N) is 3. The average molecular weight is 363 g/mol. The van der Waals surface area contributed by atoms with Crippen LogP contribution in [0.15, 0.2) is 48.5 Å². The Morgan fingerprint density at radius 3 is 2.26 bits per heavy atom. The second-order valence-electron chi connectivity index (χ2n) is 4.41. The van der Waals surface area contributed by atoms with E-state index in [9.17, 15) is 0 Å². The van der Waals surface area contributed by atoms with E-state index in [2.05, 4.69) is 47.2 Å². The fourth-order valence-electron chi connectivity index (χ4n) is 2.32. The highest BCUT2D eigenvalue weighted by molar-refractivity contribution is 14.0. The minimum atomic E-state index is 0. The van der Waals surface area contributed by atoms with Gasteiger partial charge in [0.25, 0.3) is 0 Å². The molecule has 1 aliphatic heterocycles. The first-order valence-electron chi connectivity index (χ1n) is 5.87. The Bertz CT molecular complexity index is 616. The lowest BCUT2D eigenvalue weighted by Gasteiger charge is -2.19. The molecule has 0 aliphatic carbocycles. The third-order valence-corrected chi connectivity index (χ3v) is 3.25. The SMILES string of the molecule is CN1CN(c2ccc(C#N)cc2)c2ccccc21.I. The summed E-state index contributed by atoms with van der Waals surface area (Å²) < 4.78 is 0. The zero-order valence-corrected chi connectivity index (χ0v) is 12.9. The molecule has 0 unspecified atom stereocenters. The molecule has 0 fully saturated rings. The van der Waals surface area contributed by atoms with Gasteiger partial charge in [-0.05, 0) is 36.4 Å². The van der Waals surface area contributed by atoms with Crippen LogP contribution in [-0.2, 0) is 0 Å². The number of hydrogen-bond donors (Lipinski definition) is 0. The van der Waals surface area contributed by atoms with Gasteiger partial charge in [0.2, 0.25) is 0 Å². The maximum Gasteiger partial charge on any atom is 0.0991 e. The molecular weight excluding hydrogens is 349 g/mol. The normalized spacial score (nSPS) is 12.6. The van der Waals surface area contributed by atoms with Gasteiger partial charge < -0.3 is 9.80 Å². The van der Waals surface area contributed by atoms with Gasteiger partial charge in [0.15, 0.2) is 0 Å². The highest BCUT2D eigenvalue weighted by atomic mass is 127. The minimum Gasteiger partial charge on any atom is -0.355 e. The van der Waals surface area contributed by atoms with E-state index in [1.165, 1.54) is 11.4 Å². The largest absolute Gasteiger partial charge is 0.355 e. The monoisotopic (exact) mass is 363 g/mol. The molecule has 0 aromatic heterocycles. The number of rotatable bonds is 1. The summed E-state index contributed by atoms with van der Waals surface area (Å²) in [4.78, 5) is 4.46. The third kappa shape index (κ3) is 2.38. The van der Waals surface area contributed by atoms with E-state index < -0.39 is 0 Å². The van der Waals surface area contributed by atoms with Crippen LogP contribution in [0.4, 0.5) is 17.1 Å². The van der Waals surface area contributed by atoms with Crippen molar-refractivity contribution in [3.05, 3.63) is 54.1 Å². The molecule has 1 heterocycles. The first-order valence-corrected chi connectivity index (χ1v) is 5.87. The van der Waals surface area contributed by atoms with E-state index in [1.807, 2.05) is 24.3 Å². The van der Waals surface area contributed by atoms with Crippen molar-refractivity contribution in [2.45, 2.75) is 0 Å². The summed E-state index contributed by atoms with van der Waals surface area (Å²) in [6.45, 7) is 0.839. The highest BCUT2D eigenvalue weighted by Crippen LogP contribution is 2.39. The van der Waals surface area contributed by atoms with Crippen LogP contribution in [0.5, 0.6) is 0 Å². The van der Waals surface area contributed by atoms with Gasteiger partial charge in [0.1, 0.15) is 0 Å². The number of para-hydroxylation sites is 2. The molecule has 3 nitrogen and oxygen atoms in total. The van der Waals surface area contributed by atoms with E-state index in [4.69, 9.17) is 5.26 Å². The summed E-state index contributed by atoms with van der Waals surface area (Å²) in [5, 5.41) is 8.82. The number of fused-ring (bicyclic) bond motifs is 1. The number of nitriles is 1. The van der Waals surface area contributed by atoms with E-state index >= 15 is 0 Å². The van der Waals surface area contributed by atoms with E-state index in [1.54, 1.807) is 0 Å². The number of hydrogen-bond acceptors (Lipinski definition) is 3. The molecule has 0 bridgehead atoms. The van der Waals surface area contributed by atoms with Gasteiger partial charge >= 0.3 is 0 Å². The van der Waals surface area contributed by atoms with Gasteiger partial charge in [0, 0.05) is 12.7 Å². The standard InChI is InChI=1S/C15H13N3.HI/c1-17-11-18(15-5-3-2-4-14(15)17)13-8-6-12(10-16)7-9-13;/h2-9H,11H2,1H3;1H. The summed E-state index contributed by atoms with van der Waals surface area (Å²) in [6, 6.07) is 18.2. The fourth-order valence-corrected chi connectivity index (χ4v) is 2.32. The van der Waals surface area contributed by atoms with E-state index in [0.29, 0.717) is 5.56 Å². The Hall–Kier alpha value is -1.74. The van der Waals surface area contributed by atoms with Crippen LogP contribution in [0.3, 0.4) is 0 Å². The second kappa shape index (κ2) is 5.49. The maximum atomic E-state index is 8.82. The van der Waals surface area contributed by atoms with Crippen LogP contribution in [0.2, 0.25) is 0 Å².